The standard InChI is InChI=1S/C24H26N2O3/c1-4-5-8-20-16-25(17(2)3)24(29)26(20)15-18-11-13-19(14-12-18)21-9-6-7-10-22(21)23(27)28/h4-7,9-14,16-17H,8,15H2,1-3H3,(H,27,28). The molecule has 1 aromatic heterocycles. The van der Waals surface area contributed by atoms with E-state index in [9.17, 15) is 14.7 Å². The quantitative estimate of drug-likeness (QED) is 0.592. The monoisotopic (exact) mass is 390 g/mol. The molecule has 0 bridgehead atoms. The number of hydrogen-bond acceptors (Lipinski definition) is 2. The van der Waals surface area contributed by atoms with Gasteiger partial charge in [-0.2, -0.15) is 0 Å². The Morgan fingerprint density at radius 2 is 1.79 bits per heavy atom. The number of carbonyl (C=O) groups is 1. The minimum atomic E-state index is -0.945. The minimum Gasteiger partial charge on any atom is -0.478 e. The van der Waals surface area contributed by atoms with Gasteiger partial charge in [0.15, 0.2) is 0 Å². The number of rotatable bonds is 7. The molecule has 150 valence electrons. The van der Waals surface area contributed by atoms with Gasteiger partial charge in [0, 0.05) is 24.4 Å². The smallest absolute Gasteiger partial charge is 0.336 e. The zero-order valence-corrected chi connectivity index (χ0v) is 17.0. The fraction of sp³-hybridized carbons (Fsp3) is 0.250. The summed E-state index contributed by atoms with van der Waals surface area (Å²) in [6.07, 6.45) is 6.66. The highest BCUT2D eigenvalue weighted by Crippen LogP contribution is 2.24. The van der Waals surface area contributed by atoms with Gasteiger partial charge in [0.25, 0.3) is 0 Å². The average Bonchev–Trinajstić information content (AvgIpc) is 3.02. The van der Waals surface area contributed by atoms with Crippen molar-refractivity contribution in [2.45, 2.75) is 39.8 Å². The predicted molar refractivity (Wildman–Crippen MR) is 116 cm³/mol. The Morgan fingerprint density at radius 1 is 1.10 bits per heavy atom. The number of carboxylic acid groups (broad SMARTS) is 1. The van der Waals surface area contributed by atoms with Crippen LogP contribution >= 0.6 is 0 Å². The van der Waals surface area contributed by atoms with E-state index in [1.165, 1.54) is 0 Å². The Kier molecular flexibility index (Phi) is 6.17. The Morgan fingerprint density at radius 3 is 2.41 bits per heavy atom. The van der Waals surface area contributed by atoms with Crippen LogP contribution in [0.5, 0.6) is 0 Å². The lowest BCUT2D eigenvalue weighted by Gasteiger charge is -2.09. The fourth-order valence-corrected chi connectivity index (χ4v) is 3.38. The van der Waals surface area contributed by atoms with Crippen molar-refractivity contribution in [3.8, 4) is 11.1 Å². The number of hydrogen-bond donors (Lipinski definition) is 1. The highest BCUT2D eigenvalue weighted by molar-refractivity contribution is 5.95. The van der Waals surface area contributed by atoms with Crippen molar-refractivity contribution >= 4 is 5.97 Å². The molecule has 5 heteroatoms. The topological polar surface area (TPSA) is 64.2 Å². The molecular formula is C24H26N2O3. The number of nitrogens with zero attached hydrogens (tertiary/aromatic N) is 2. The van der Waals surface area contributed by atoms with Crippen LogP contribution in [0.2, 0.25) is 0 Å². The highest BCUT2D eigenvalue weighted by atomic mass is 16.4. The molecule has 3 rings (SSSR count). The summed E-state index contributed by atoms with van der Waals surface area (Å²) < 4.78 is 3.57. The summed E-state index contributed by atoms with van der Waals surface area (Å²) in [5.41, 5.74) is 3.75. The van der Waals surface area contributed by atoms with Crippen molar-refractivity contribution < 1.29 is 9.90 Å². The maximum Gasteiger partial charge on any atom is 0.336 e. The number of aromatic carboxylic acids is 1. The Balaban J connectivity index is 1.93. The van der Waals surface area contributed by atoms with Crippen LogP contribution in [0.1, 0.15) is 48.4 Å². The lowest BCUT2D eigenvalue weighted by Crippen LogP contribution is -2.26. The first-order valence-electron chi connectivity index (χ1n) is 9.75. The summed E-state index contributed by atoms with van der Waals surface area (Å²) in [6, 6.07) is 14.8. The van der Waals surface area contributed by atoms with Crippen LogP contribution in [-0.4, -0.2) is 20.2 Å². The van der Waals surface area contributed by atoms with Crippen molar-refractivity contribution in [2.75, 3.05) is 0 Å². The maximum absolute atomic E-state index is 12.8. The average molecular weight is 390 g/mol. The Hall–Kier alpha value is -3.34. The highest BCUT2D eigenvalue weighted by Gasteiger charge is 2.14. The third kappa shape index (κ3) is 4.40. The molecule has 0 saturated heterocycles. The Labute approximate surface area is 170 Å². The molecule has 3 aromatic rings. The van der Waals surface area contributed by atoms with Gasteiger partial charge >= 0.3 is 11.7 Å². The number of allylic oxidation sites excluding steroid dienone is 2. The molecule has 2 aromatic carbocycles. The molecule has 0 aliphatic carbocycles. The van der Waals surface area contributed by atoms with Crippen LogP contribution in [0.25, 0.3) is 11.1 Å². The molecule has 0 aliphatic heterocycles. The molecule has 29 heavy (non-hydrogen) atoms. The molecule has 0 amide bonds. The van der Waals surface area contributed by atoms with Crippen molar-refractivity contribution in [1.82, 2.24) is 9.13 Å². The van der Waals surface area contributed by atoms with E-state index in [0.29, 0.717) is 18.5 Å². The van der Waals surface area contributed by atoms with Crippen molar-refractivity contribution in [3.05, 3.63) is 94.2 Å². The van der Waals surface area contributed by atoms with E-state index < -0.39 is 5.97 Å². The summed E-state index contributed by atoms with van der Waals surface area (Å²) >= 11 is 0. The van der Waals surface area contributed by atoms with E-state index in [-0.39, 0.29) is 17.3 Å². The van der Waals surface area contributed by atoms with Crippen LogP contribution in [0, 0.1) is 0 Å². The van der Waals surface area contributed by atoms with E-state index in [1.807, 2.05) is 69.5 Å². The molecule has 0 saturated carbocycles. The van der Waals surface area contributed by atoms with Gasteiger partial charge in [0.2, 0.25) is 0 Å². The summed E-state index contributed by atoms with van der Waals surface area (Å²) in [5, 5.41) is 9.41. The molecule has 0 spiro atoms. The molecule has 1 N–H and O–H groups in total. The van der Waals surface area contributed by atoms with Crippen molar-refractivity contribution in [1.29, 1.82) is 0 Å². The molecule has 0 aliphatic rings. The van der Waals surface area contributed by atoms with Gasteiger partial charge in [0.05, 0.1) is 12.1 Å². The Bertz CT molecular complexity index is 1090. The zero-order chi connectivity index (χ0) is 21.0. The van der Waals surface area contributed by atoms with E-state index in [0.717, 1.165) is 16.8 Å². The maximum atomic E-state index is 12.8. The summed E-state index contributed by atoms with van der Waals surface area (Å²) in [5.74, 6) is -0.945. The predicted octanol–water partition coefficient (Wildman–Crippen LogP) is 4.76. The number of benzene rings is 2. The fourth-order valence-electron chi connectivity index (χ4n) is 3.38. The second-order valence-electron chi connectivity index (χ2n) is 7.31. The van der Waals surface area contributed by atoms with Gasteiger partial charge in [-0.15, -0.1) is 0 Å². The number of aromatic nitrogens is 2. The van der Waals surface area contributed by atoms with Crippen LogP contribution in [0.4, 0.5) is 0 Å². The number of carboxylic acids is 1. The molecular weight excluding hydrogens is 364 g/mol. The normalized spacial score (nSPS) is 11.4. The molecule has 0 radical (unpaired) electrons. The van der Waals surface area contributed by atoms with Crippen molar-refractivity contribution in [3.63, 3.8) is 0 Å². The van der Waals surface area contributed by atoms with E-state index >= 15 is 0 Å². The van der Waals surface area contributed by atoms with Gasteiger partial charge in [-0.05, 0) is 43.5 Å². The SMILES string of the molecule is CC=CCc1cn(C(C)C)c(=O)n1Cc1ccc(-c2ccccc2C(=O)O)cc1. The van der Waals surface area contributed by atoms with E-state index in [2.05, 4.69) is 0 Å². The molecule has 0 fully saturated rings. The third-order valence-corrected chi connectivity index (χ3v) is 4.97. The lowest BCUT2D eigenvalue weighted by molar-refractivity contribution is 0.0697. The van der Waals surface area contributed by atoms with Gasteiger partial charge in [-0.1, -0.05) is 54.6 Å². The van der Waals surface area contributed by atoms with Crippen LogP contribution in [0.3, 0.4) is 0 Å². The first-order valence-corrected chi connectivity index (χ1v) is 9.75. The lowest BCUT2D eigenvalue weighted by atomic mass is 9.99. The molecule has 5 nitrogen and oxygen atoms in total. The van der Waals surface area contributed by atoms with Crippen LogP contribution in [0.15, 0.2) is 71.7 Å². The summed E-state index contributed by atoms with van der Waals surface area (Å²) in [4.78, 5) is 24.3. The molecule has 0 unspecified atom stereocenters. The first kappa shape index (κ1) is 20.4. The van der Waals surface area contributed by atoms with E-state index in [4.69, 9.17) is 0 Å². The second kappa shape index (κ2) is 8.78. The zero-order valence-electron chi connectivity index (χ0n) is 17.0. The van der Waals surface area contributed by atoms with E-state index in [1.54, 1.807) is 27.3 Å². The number of imidazole rings is 1. The van der Waals surface area contributed by atoms with Gasteiger partial charge < -0.3 is 5.11 Å². The third-order valence-electron chi connectivity index (χ3n) is 4.97. The van der Waals surface area contributed by atoms with Gasteiger partial charge in [0.1, 0.15) is 0 Å². The van der Waals surface area contributed by atoms with Crippen LogP contribution < -0.4 is 5.69 Å². The summed E-state index contributed by atoms with van der Waals surface area (Å²) in [6.45, 7) is 6.45. The largest absolute Gasteiger partial charge is 0.478 e. The van der Waals surface area contributed by atoms with Gasteiger partial charge in [-0.3, -0.25) is 9.13 Å². The molecule has 0 atom stereocenters. The molecule has 1 heterocycles. The van der Waals surface area contributed by atoms with Gasteiger partial charge in [-0.25, -0.2) is 9.59 Å². The summed E-state index contributed by atoms with van der Waals surface area (Å²) in [7, 11) is 0. The van der Waals surface area contributed by atoms with Crippen LogP contribution in [-0.2, 0) is 13.0 Å². The minimum absolute atomic E-state index is 0.0141. The second-order valence-corrected chi connectivity index (χ2v) is 7.31. The first-order chi connectivity index (χ1) is 13.9. The van der Waals surface area contributed by atoms with Crippen molar-refractivity contribution in [2.24, 2.45) is 0 Å².